The Balaban J connectivity index is 2.37. The number of Topliss-reactive ketones (excluding diaryl/α,β-unsaturated/α-hetero) is 2. The number of nitrogens with one attached hydrogen (secondary N) is 1. The van der Waals surface area contributed by atoms with Crippen LogP contribution >= 0.6 is 0 Å². The Morgan fingerprint density at radius 3 is 3.00 bits per heavy atom. The van der Waals surface area contributed by atoms with Gasteiger partial charge < -0.3 is 5.32 Å². The fourth-order valence-corrected chi connectivity index (χ4v) is 1.47. The molecule has 2 aliphatic rings. The van der Waals surface area contributed by atoms with Gasteiger partial charge in [-0.15, -0.1) is 0 Å². The summed E-state index contributed by atoms with van der Waals surface area (Å²) in [6, 6.07) is 0. The van der Waals surface area contributed by atoms with Gasteiger partial charge in [0.2, 0.25) is 0 Å². The molecule has 12 heavy (non-hydrogen) atoms. The normalized spacial score (nSPS) is 22.3. The van der Waals surface area contributed by atoms with Gasteiger partial charge in [-0.05, 0) is 6.08 Å². The molecular formula is C9H9NO2. The van der Waals surface area contributed by atoms with Crippen molar-refractivity contribution in [1.82, 2.24) is 5.32 Å². The maximum atomic E-state index is 11.3. The van der Waals surface area contributed by atoms with E-state index in [2.05, 4.69) is 5.32 Å². The minimum absolute atomic E-state index is 0.0769. The van der Waals surface area contributed by atoms with Crippen LogP contribution in [0.25, 0.3) is 0 Å². The van der Waals surface area contributed by atoms with Crippen molar-refractivity contribution in [1.29, 1.82) is 0 Å². The van der Waals surface area contributed by atoms with Crippen molar-refractivity contribution in [2.75, 3.05) is 6.54 Å². The topological polar surface area (TPSA) is 46.2 Å². The smallest absolute Gasteiger partial charge is 0.165 e. The summed E-state index contributed by atoms with van der Waals surface area (Å²) in [5.74, 6) is 0.172. The average Bonchev–Trinajstić information content (AvgIpc) is 2.07. The lowest BCUT2D eigenvalue weighted by molar-refractivity contribution is -0.121. The van der Waals surface area contributed by atoms with E-state index in [1.54, 1.807) is 0 Å². The van der Waals surface area contributed by atoms with Gasteiger partial charge in [-0.25, -0.2) is 0 Å². The molecule has 1 N–H and O–H groups in total. The second kappa shape index (κ2) is 2.59. The Morgan fingerprint density at radius 2 is 2.17 bits per heavy atom. The fourth-order valence-electron chi connectivity index (χ4n) is 1.47. The summed E-state index contributed by atoms with van der Waals surface area (Å²) >= 11 is 0. The molecule has 0 aromatic carbocycles. The van der Waals surface area contributed by atoms with Crippen LogP contribution in [0.1, 0.15) is 12.8 Å². The van der Waals surface area contributed by atoms with Gasteiger partial charge in [0.1, 0.15) is 0 Å². The van der Waals surface area contributed by atoms with E-state index in [0.717, 1.165) is 5.70 Å². The second-order valence-corrected chi connectivity index (χ2v) is 2.99. The third-order valence-electron chi connectivity index (χ3n) is 2.10. The fraction of sp³-hybridized carbons (Fsp3) is 0.333. The molecule has 0 radical (unpaired) electrons. The Morgan fingerprint density at radius 1 is 1.33 bits per heavy atom. The van der Waals surface area contributed by atoms with Gasteiger partial charge in [-0.1, -0.05) is 6.08 Å². The van der Waals surface area contributed by atoms with E-state index in [9.17, 15) is 9.59 Å². The summed E-state index contributed by atoms with van der Waals surface area (Å²) in [4.78, 5) is 22.3. The molecule has 0 aromatic rings. The minimum Gasteiger partial charge on any atom is -0.378 e. The summed E-state index contributed by atoms with van der Waals surface area (Å²) < 4.78 is 0. The number of carbonyl (C=O) groups excluding carboxylic acids is 2. The molecule has 0 unspecified atom stereocenters. The predicted molar refractivity (Wildman–Crippen MR) is 43.4 cm³/mol. The molecule has 62 valence electrons. The third-order valence-corrected chi connectivity index (χ3v) is 2.10. The van der Waals surface area contributed by atoms with Gasteiger partial charge in [0, 0.05) is 24.1 Å². The number of carbonyl (C=O) groups is 2. The van der Waals surface area contributed by atoms with Gasteiger partial charge in [0.05, 0.1) is 6.54 Å². The minimum atomic E-state index is 0.0769. The molecule has 0 fully saturated rings. The third kappa shape index (κ3) is 1.07. The van der Waals surface area contributed by atoms with Crippen molar-refractivity contribution in [2.24, 2.45) is 0 Å². The summed E-state index contributed by atoms with van der Waals surface area (Å²) in [6.45, 7) is 0.358. The molecule has 0 amide bonds. The van der Waals surface area contributed by atoms with Crippen LogP contribution in [0.3, 0.4) is 0 Å². The standard InChI is InChI=1S/C9H9NO2/c11-6-4-7-8(10-5-6)2-1-3-9(7)12/h1-2,10H,3-5H2. The van der Waals surface area contributed by atoms with Crippen LogP contribution in [0.2, 0.25) is 0 Å². The Labute approximate surface area is 70.1 Å². The van der Waals surface area contributed by atoms with Crippen molar-refractivity contribution in [3.8, 4) is 0 Å². The lowest BCUT2D eigenvalue weighted by Gasteiger charge is -2.20. The molecule has 1 aliphatic carbocycles. The van der Waals surface area contributed by atoms with E-state index in [0.29, 0.717) is 25.0 Å². The van der Waals surface area contributed by atoms with Crippen LogP contribution in [0.4, 0.5) is 0 Å². The highest BCUT2D eigenvalue weighted by Gasteiger charge is 2.23. The summed E-state index contributed by atoms with van der Waals surface area (Å²) in [7, 11) is 0. The molecule has 1 aliphatic heterocycles. The number of ketones is 2. The monoisotopic (exact) mass is 163 g/mol. The average molecular weight is 163 g/mol. The number of rotatable bonds is 0. The van der Waals surface area contributed by atoms with E-state index in [1.165, 1.54) is 0 Å². The SMILES string of the molecule is O=C1CNC2=C(C1)C(=O)CC=C2. The maximum absolute atomic E-state index is 11.3. The molecule has 3 heteroatoms. The quantitative estimate of drug-likeness (QED) is 0.559. The first kappa shape index (κ1) is 7.28. The van der Waals surface area contributed by atoms with Crippen LogP contribution in [0.5, 0.6) is 0 Å². The Hall–Kier alpha value is -1.38. The van der Waals surface area contributed by atoms with Crippen LogP contribution < -0.4 is 5.32 Å². The zero-order chi connectivity index (χ0) is 8.55. The van der Waals surface area contributed by atoms with E-state index in [4.69, 9.17) is 0 Å². The number of hydrogen-bond donors (Lipinski definition) is 1. The molecule has 0 bridgehead atoms. The van der Waals surface area contributed by atoms with Crippen LogP contribution in [-0.2, 0) is 9.59 Å². The predicted octanol–water partition coefficient (Wildman–Crippen LogP) is 0.332. The molecule has 0 saturated carbocycles. The van der Waals surface area contributed by atoms with Crippen LogP contribution in [0.15, 0.2) is 23.4 Å². The molecule has 0 spiro atoms. The van der Waals surface area contributed by atoms with Gasteiger partial charge in [0.15, 0.2) is 11.6 Å². The summed E-state index contributed by atoms with van der Waals surface area (Å²) in [5.41, 5.74) is 1.50. The first-order chi connectivity index (χ1) is 5.77. The van der Waals surface area contributed by atoms with Crippen molar-refractivity contribution in [3.05, 3.63) is 23.4 Å². The van der Waals surface area contributed by atoms with Gasteiger partial charge in [-0.2, -0.15) is 0 Å². The zero-order valence-corrected chi connectivity index (χ0v) is 6.59. The van der Waals surface area contributed by atoms with E-state index < -0.39 is 0 Å². The number of allylic oxidation sites excluding steroid dienone is 3. The van der Waals surface area contributed by atoms with Gasteiger partial charge in [0.25, 0.3) is 0 Å². The highest BCUT2D eigenvalue weighted by Crippen LogP contribution is 2.19. The molecule has 0 saturated heterocycles. The van der Waals surface area contributed by atoms with E-state index in [1.807, 2.05) is 12.2 Å². The lowest BCUT2D eigenvalue weighted by Crippen LogP contribution is -2.32. The molecule has 3 nitrogen and oxygen atoms in total. The Bertz CT molecular complexity index is 312. The van der Waals surface area contributed by atoms with Crippen molar-refractivity contribution < 1.29 is 9.59 Å². The molecule has 0 aromatic heterocycles. The largest absolute Gasteiger partial charge is 0.378 e. The molecular weight excluding hydrogens is 154 g/mol. The second-order valence-electron chi connectivity index (χ2n) is 2.99. The zero-order valence-electron chi connectivity index (χ0n) is 6.59. The maximum Gasteiger partial charge on any atom is 0.165 e. The first-order valence-corrected chi connectivity index (χ1v) is 3.96. The van der Waals surface area contributed by atoms with Crippen LogP contribution in [0, 0.1) is 0 Å². The first-order valence-electron chi connectivity index (χ1n) is 3.96. The number of hydrogen-bond acceptors (Lipinski definition) is 3. The Kier molecular flexibility index (Phi) is 1.57. The molecule has 0 atom stereocenters. The molecule has 2 rings (SSSR count). The van der Waals surface area contributed by atoms with Crippen molar-refractivity contribution >= 4 is 11.6 Å². The summed E-state index contributed by atoms with van der Waals surface area (Å²) in [6.07, 6.45) is 4.45. The summed E-state index contributed by atoms with van der Waals surface area (Å²) in [5, 5.41) is 2.92. The lowest BCUT2D eigenvalue weighted by atomic mass is 9.93. The van der Waals surface area contributed by atoms with E-state index in [-0.39, 0.29) is 11.6 Å². The highest BCUT2D eigenvalue weighted by molar-refractivity contribution is 6.04. The molecule has 1 heterocycles. The van der Waals surface area contributed by atoms with Crippen LogP contribution in [-0.4, -0.2) is 18.1 Å². The van der Waals surface area contributed by atoms with Gasteiger partial charge in [-0.3, -0.25) is 9.59 Å². The van der Waals surface area contributed by atoms with Gasteiger partial charge >= 0.3 is 0 Å². The van der Waals surface area contributed by atoms with E-state index >= 15 is 0 Å². The van der Waals surface area contributed by atoms with Crippen molar-refractivity contribution in [2.45, 2.75) is 12.8 Å². The van der Waals surface area contributed by atoms with Crippen molar-refractivity contribution in [3.63, 3.8) is 0 Å². The highest BCUT2D eigenvalue weighted by atomic mass is 16.1.